The Morgan fingerprint density at radius 3 is 2.61 bits per heavy atom. The minimum Gasteiger partial charge on any atom is -0.312 e. The molecule has 1 amide bonds. The summed E-state index contributed by atoms with van der Waals surface area (Å²) in [6.07, 6.45) is 1.43. The van der Waals surface area contributed by atoms with Crippen molar-refractivity contribution in [3.8, 4) is 5.69 Å². The smallest absolute Gasteiger partial charge is 0.227 e. The van der Waals surface area contributed by atoms with Crippen LogP contribution in [-0.4, -0.2) is 38.8 Å². The predicted octanol–water partition coefficient (Wildman–Crippen LogP) is 3.68. The lowest BCUT2D eigenvalue weighted by atomic mass is 10.1. The van der Waals surface area contributed by atoms with Gasteiger partial charge in [0.1, 0.15) is 5.82 Å². The van der Waals surface area contributed by atoms with Crippen LogP contribution in [0.5, 0.6) is 0 Å². The first kappa shape index (κ1) is 18.4. The molecular weight excluding hydrogens is 372 g/mol. The van der Waals surface area contributed by atoms with Gasteiger partial charge in [-0.15, -0.1) is 10.2 Å². The number of aryl methyl sites for hydroxylation is 1. The Labute approximate surface area is 167 Å². The van der Waals surface area contributed by atoms with Gasteiger partial charge in [-0.25, -0.2) is 0 Å². The van der Waals surface area contributed by atoms with Gasteiger partial charge in [-0.3, -0.25) is 14.2 Å². The fourth-order valence-corrected chi connectivity index (χ4v) is 4.18. The van der Waals surface area contributed by atoms with Crippen molar-refractivity contribution >= 4 is 29.1 Å². The Morgan fingerprint density at radius 1 is 1.07 bits per heavy atom. The third-order valence-corrected chi connectivity index (χ3v) is 5.62. The highest BCUT2D eigenvalue weighted by atomic mass is 32.2. The molecule has 0 saturated carbocycles. The number of anilines is 1. The minimum atomic E-state index is -0.00115. The first-order valence-electron chi connectivity index (χ1n) is 9.17. The van der Waals surface area contributed by atoms with Crippen molar-refractivity contribution < 1.29 is 9.59 Å². The predicted molar refractivity (Wildman–Crippen MR) is 109 cm³/mol. The van der Waals surface area contributed by atoms with Crippen LogP contribution in [0.4, 0.5) is 5.69 Å². The summed E-state index contributed by atoms with van der Waals surface area (Å²) in [6.45, 7) is 2.60. The van der Waals surface area contributed by atoms with E-state index in [1.165, 1.54) is 11.8 Å². The van der Waals surface area contributed by atoms with Crippen LogP contribution in [0.15, 0.2) is 59.8 Å². The third-order valence-electron chi connectivity index (χ3n) is 4.70. The summed E-state index contributed by atoms with van der Waals surface area (Å²) in [5, 5.41) is 9.06. The van der Waals surface area contributed by atoms with Gasteiger partial charge in [0.05, 0.1) is 5.75 Å². The lowest BCUT2D eigenvalue weighted by Crippen LogP contribution is -2.23. The van der Waals surface area contributed by atoms with Crippen molar-refractivity contribution in [1.82, 2.24) is 14.8 Å². The molecular formula is C21H20N4O2S. The summed E-state index contributed by atoms with van der Waals surface area (Å²) in [4.78, 5) is 26.4. The largest absolute Gasteiger partial charge is 0.312 e. The van der Waals surface area contributed by atoms with Crippen LogP contribution in [0.1, 0.15) is 29.0 Å². The number of benzene rings is 2. The first-order valence-corrected chi connectivity index (χ1v) is 10.2. The van der Waals surface area contributed by atoms with Crippen LogP contribution in [0, 0.1) is 6.92 Å². The molecule has 4 rings (SSSR count). The average molecular weight is 392 g/mol. The van der Waals surface area contributed by atoms with E-state index in [1.807, 2.05) is 54.0 Å². The van der Waals surface area contributed by atoms with Gasteiger partial charge < -0.3 is 4.90 Å². The highest BCUT2D eigenvalue weighted by molar-refractivity contribution is 7.99. The molecule has 0 bridgehead atoms. The molecule has 1 saturated heterocycles. The number of rotatable bonds is 6. The van der Waals surface area contributed by atoms with E-state index in [4.69, 9.17) is 0 Å². The number of Topliss-reactive ketones (excluding diaryl/α,β-unsaturated/α-hetero) is 1. The summed E-state index contributed by atoms with van der Waals surface area (Å²) in [5.41, 5.74) is 2.36. The van der Waals surface area contributed by atoms with Crippen molar-refractivity contribution in [2.75, 3.05) is 17.2 Å². The van der Waals surface area contributed by atoms with Crippen molar-refractivity contribution in [2.24, 2.45) is 0 Å². The zero-order valence-corrected chi connectivity index (χ0v) is 16.4. The summed E-state index contributed by atoms with van der Waals surface area (Å²) in [6, 6.07) is 17.1. The number of para-hydroxylation sites is 1. The van der Waals surface area contributed by atoms with E-state index in [1.54, 1.807) is 17.0 Å². The molecule has 0 radical (unpaired) electrons. The van der Waals surface area contributed by atoms with Gasteiger partial charge >= 0.3 is 0 Å². The molecule has 1 aliphatic heterocycles. The second kappa shape index (κ2) is 7.98. The van der Waals surface area contributed by atoms with Crippen LogP contribution in [-0.2, 0) is 4.79 Å². The number of nitrogens with zero attached hydrogens (tertiary/aromatic N) is 4. The van der Waals surface area contributed by atoms with Crippen LogP contribution >= 0.6 is 11.8 Å². The molecule has 7 heteroatoms. The zero-order chi connectivity index (χ0) is 19.5. The Bertz CT molecular complexity index is 1020. The van der Waals surface area contributed by atoms with E-state index in [0.29, 0.717) is 23.7 Å². The Hall–Kier alpha value is -2.93. The van der Waals surface area contributed by atoms with Crippen LogP contribution < -0.4 is 4.90 Å². The summed E-state index contributed by atoms with van der Waals surface area (Å²) in [7, 11) is 0. The van der Waals surface area contributed by atoms with E-state index in [2.05, 4.69) is 10.2 Å². The van der Waals surface area contributed by atoms with E-state index < -0.39 is 0 Å². The molecule has 1 fully saturated rings. The lowest BCUT2D eigenvalue weighted by Gasteiger charge is -2.16. The van der Waals surface area contributed by atoms with Gasteiger partial charge in [0.25, 0.3) is 0 Å². The normalized spacial score (nSPS) is 13.9. The quantitative estimate of drug-likeness (QED) is 0.473. The third kappa shape index (κ3) is 3.71. The van der Waals surface area contributed by atoms with E-state index >= 15 is 0 Å². The molecule has 0 N–H and O–H groups in total. The van der Waals surface area contributed by atoms with Crippen LogP contribution in [0.3, 0.4) is 0 Å². The molecule has 0 spiro atoms. The SMILES string of the molecule is Cc1nnc(SCC(=O)c2cccc(N3CCCC3=O)c2)n1-c1ccccc1. The maximum Gasteiger partial charge on any atom is 0.227 e. The summed E-state index contributed by atoms with van der Waals surface area (Å²) >= 11 is 1.36. The zero-order valence-electron chi connectivity index (χ0n) is 15.5. The van der Waals surface area contributed by atoms with Crippen LogP contribution in [0.25, 0.3) is 5.69 Å². The monoisotopic (exact) mass is 392 g/mol. The van der Waals surface area contributed by atoms with Gasteiger partial charge in [0.2, 0.25) is 5.91 Å². The molecule has 1 aromatic heterocycles. The maximum absolute atomic E-state index is 12.7. The molecule has 3 aromatic rings. The minimum absolute atomic E-state index is 0.00115. The van der Waals surface area contributed by atoms with E-state index in [-0.39, 0.29) is 17.4 Å². The second-order valence-electron chi connectivity index (χ2n) is 6.61. The van der Waals surface area contributed by atoms with Crippen molar-refractivity contribution in [3.63, 3.8) is 0 Å². The van der Waals surface area contributed by atoms with Crippen LogP contribution in [0.2, 0.25) is 0 Å². The van der Waals surface area contributed by atoms with Gasteiger partial charge in [0, 0.05) is 29.9 Å². The first-order chi connectivity index (χ1) is 13.6. The Kier molecular flexibility index (Phi) is 5.25. The Morgan fingerprint density at radius 2 is 1.86 bits per heavy atom. The standard InChI is InChI=1S/C21H20N4O2S/c1-15-22-23-21(25(15)17-8-3-2-4-9-17)28-14-19(26)16-7-5-10-18(13-16)24-12-6-11-20(24)27/h2-5,7-10,13H,6,11-12,14H2,1H3. The number of hydrogen-bond acceptors (Lipinski definition) is 5. The van der Waals surface area contributed by atoms with E-state index in [9.17, 15) is 9.59 Å². The van der Waals surface area contributed by atoms with Crippen molar-refractivity contribution in [3.05, 3.63) is 66.0 Å². The number of aromatic nitrogens is 3. The average Bonchev–Trinajstić information content (AvgIpc) is 3.32. The summed E-state index contributed by atoms with van der Waals surface area (Å²) in [5.74, 6) is 1.14. The Balaban J connectivity index is 1.49. The molecule has 1 aliphatic rings. The maximum atomic E-state index is 12.7. The number of carbonyl (C=O) groups excluding carboxylic acids is 2. The highest BCUT2D eigenvalue weighted by Crippen LogP contribution is 2.25. The van der Waals surface area contributed by atoms with Gasteiger partial charge in [-0.05, 0) is 37.6 Å². The number of thioether (sulfide) groups is 1. The molecule has 142 valence electrons. The van der Waals surface area contributed by atoms with Crippen molar-refractivity contribution in [2.45, 2.75) is 24.9 Å². The fourth-order valence-electron chi connectivity index (χ4n) is 3.29. The fraction of sp³-hybridized carbons (Fsp3) is 0.238. The number of hydrogen-bond donors (Lipinski definition) is 0. The summed E-state index contributed by atoms with van der Waals surface area (Å²) < 4.78 is 1.94. The van der Waals surface area contributed by atoms with E-state index in [0.717, 1.165) is 23.6 Å². The van der Waals surface area contributed by atoms with Crippen molar-refractivity contribution in [1.29, 1.82) is 0 Å². The number of amides is 1. The highest BCUT2D eigenvalue weighted by Gasteiger charge is 2.22. The topological polar surface area (TPSA) is 68.1 Å². The molecule has 2 heterocycles. The molecule has 0 atom stereocenters. The molecule has 6 nitrogen and oxygen atoms in total. The molecule has 28 heavy (non-hydrogen) atoms. The molecule has 2 aromatic carbocycles. The lowest BCUT2D eigenvalue weighted by molar-refractivity contribution is -0.117. The molecule has 0 aliphatic carbocycles. The molecule has 0 unspecified atom stereocenters. The second-order valence-corrected chi connectivity index (χ2v) is 7.55. The van der Waals surface area contributed by atoms with Gasteiger partial charge in [-0.2, -0.15) is 0 Å². The van der Waals surface area contributed by atoms with Gasteiger partial charge in [0.15, 0.2) is 10.9 Å². The number of ketones is 1. The number of carbonyl (C=O) groups is 2. The van der Waals surface area contributed by atoms with Gasteiger partial charge in [-0.1, -0.05) is 42.1 Å².